The molecule has 1 aliphatic carbocycles. The summed E-state index contributed by atoms with van der Waals surface area (Å²) in [5.74, 6) is 0.0467. The van der Waals surface area contributed by atoms with Crippen molar-refractivity contribution in [2.24, 2.45) is 5.41 Å². The molecule has 1 aromatic rings. The maximum Gasteiger partial charge on any atom is 0.251 e. The maximum absolute atomic E-state index is 12.1. The molecule has 0 atom stereocenters. The molecule has 2 rings (SSSR count). The van der Waals surface area contributed by atoms with Crippen molar-refractivity contribution in [3.8, 4) is 0 Å². The SMILES string of the molecule is CCCc1ccc(C(=O)NCC2(CNC)CC2)cc1. The molecule has 3 heteroatoms. The van der Waals surface area contributed by atoms with Gasteiger partial charge >= 0.3 is 0 Å². The van der Waals surface area contributed by atoms with Crippen LogP contribution in [-0.2, 0) is 6.42 Å². The van der Waals surface area contributed by atoms with E-state index in [1.807, 2.05) is 19.2 Å². The average molecular weight is 260 g/mol. The third-order valence-corrected chi connectivity index (χ3v) is 3.89. The van der Waals surface area contributed by atoms with E-state index in [1.165, 1.54) is 18.4 Å². The van der Waals surface area contributed by atoms with Gasteiger partial charge in [0, 0.05) is 24.1 Å². The minimum absolute atomic E-state index is 0.0467. The van der Waals surface area contributed by atoms with E-state index in [0.29, 0.717) is 5.41 Å². The van der Waals surface area contributed by atoms with E-state index in [0.717, 1.165) is 31.5 Å². The zero-order valence-electron chi connectivity index (χ0n) is 12.0. The number of nitrogens with one attached hydrogen (secondary N) is 2. The van der Waals surface area contributed by atoms with E-state index in [4.69, 9.17) is 0 Å². The first-order valence-corrected chi connectivity index (χ1v) is 7.21. The van der Waals surface area contributed by atoms with E-state index in [2.05, 4.69) is 29.7 Å². The minimum atomic E-state index is 0.0467. The highest BCUT2D eigenvalue weighted by molar-refractivity contribution is 5.94. The topological polar surface area (TPSA) is 41.1 Å². The van der Waals surface area contributed by atoms with E-state index < -0.39 is 0 Å². The summed E-state index contributed by atoms with van der Waals surface area (Å²) in [5.41, 5.74) is 2.38. The number of hydrogen-bond donors (Lipinski definition) is 2. The van der Waals surface area contributed by atoms with Crippen molar-refractivity contribution < 1.29 is 4.79 Å². The molecule has 3 nitrogen and oxygen atoms in total. The van der Waals surface area contributed by atoms with Crippen molar-refractivity contribution in [2.45, 2.75) is 32.6 Å². The van der Waals surface area contributed by atoms with Crippen LogP contribution in [0, 0.1) is 5.41 Å². The molecule has 1 amide bonds. The van der Waals surface area contributed by atoms with Crippen molar-refractivity contribution >= 4 is 5.91 Å². The van der Waals surface area contributed by atoms with Gasteiger partial charge in [0.25, 0.3) is 5.91 Å². The van der Waals surface area contributed by atoms with Crippen molar-refractivity contribution in [1.82, 2.24) is 10.6 Å². The highest BCUT2D eigenvalue weighted by Gasteiger charge is 2.41. The highest BCUT2D eigenvalue weighted by atomic mass is 16.1. The van der Waals surface area contributed by atoms with Crippen molar-refractivity contribution in [3.63, 3.8) is 0 Å². The molecule has 0 aromatic heterocycles. The second-order valence-corrected chi connectivity index (χ2v) is 5.66. The monoisotopic (exact) mass is 260 g/mol. The Morgan fingerprint density at radius 1 is 1.21 bits per heavy atom. The smallest absolute Gasteiger partial charge is 0.251 e. The van der Waals surface area contributed by atoms with Crippen LogP contribution < -0.4 is 10.6 Å². The van der Waals surface area contributed by atoms with Crippen molar-refractivity contribution in [2.75, 3.05) is 20.1 Å². The average Bonchev–Trinajstić information content (AvgIpc) is 3.18. The number of rotatable bonds is 7. The normalized spacial score (nSPS) is 16.1. The number of aryl methyl sites for hydroxylation is 1. The molecule has 0 saturated heterocycles. The molecule has 104 valence electrons. The molecular formula is C16H24N2O. The van der Waals surface area contributed by atoms with Crippen LogP contribution in [-0.4, -0.2) is 26.0 Å². The first-order valence-electron chi connectivity index (χ1n) is 7.21. The maximum atomic E-state index is 12.1. The molecule has 0 aliphatic heterocycles. The molecule has 2 N–H and O–H groups in total. The van der Waals surface area contributed by atoms with Gasteiger partial charge < -0.3 is 10.6 Å². The van der Waals surface area contributed by atoms with Gasteiger partial charge in [-0.2, -0.15) is 0 Å². The third kappa shape index (κ3) is 3.80. The van der Waals surface area contributed by atoms with Crippen LogP contribution in [0.1, 0.15) is 42.1 Å². The van der Waals surface area contributed by atoms with Gasteiger partial charge in [-0.3, -0.25) is 4.79 Å². The lowest BCUT2D eigenvalue weighted by molar-refractivity contribution is 0.0945. The molecule has 0 unspecified atom stereocenters. The molecule has 1 aromatic carbocycles. The standard InChI is InChI=1S/C16H24N2O/c1-3-4-13-5-7-14(8-6-13)15(19)18-12-16(9-10-16)11-17-2/h5-8,17H,3-4,9-12H2,1-2H3,(H,18,19). The first kappa shape index (κ1) is 14.1. The molecule has 19 heavy (non-hydrogen) atoms. The van der Waals surface area contributed by atoms with Gasteiger partial charge in [-0.15, -0.1) is 0 Å². The quantitative estimate of drug-likeness (QED) is 0.790. The zero-order valence-corrected chi connectivity index (χ0v) is 12.0. The molecule has 1 saturated carbocycles. The fourth-order valence-corrected chi connectivity index (χ4v) is 2.45. The molecule has 1 fully saturated rings. The van der Waals surface area contributed by atoms with Crippen LogP contribution in [0.4, 0.5) is 0 Å². The molecule has 0 spiro atoms. The summed E-state index contributed by atoms with van der Waals surface area (Å²) in [5, 5.41) is 6.26. The highest BCUT2D eigenvalue weighted by Crippen LogP contribution is 2.44. The summed E-state index contributed by atoms with van der Waals surface area (Å²) in [6.07, 6.45) is 4.64. The van der Waals surface area contributed by atoms with Gasteiger partial charge in [0.1, 0.15) is 0 Å². The Kier molecular flexibility index (Phi) is 4.59. The van der Waals surface area contributed by atoms with Gasteiger partial charge in [0.2, 0.25) is 0 Å². The fourth-order valence-electron chi connectivity index (χ4n) is 2.45. The number of carbonyl (C=O) groups is 1. The van der Waals surface area contributed by atoms with Crippen LogP contribution in [0.3, 0.4) is 0 Å². The third-order valence-electron chi connectivity index (χ3n) is 3.89. The number of amides is 1. The summed E-state index contributed by atoms with van der Waals surface area (Å²) in [7, 11) is 1.97. The first-order chi connectivity index (χ1) is 9.19. The van der Waals surface area contributed by atoms with Crippen molar-refractivity contribution in [3.05, 3.63) is 35.4 Å². The molecule has 0 radical (unpaired) electrons. The summed E-state index contributed by atoms with van der Waals surface area (Å²) < 4.78 is 0. The van der Waals surface area contributed by atoms with Gasteiger partial charge in [-0.1, -0.05) is 25.5 Å². The van der Waals surface area contributed by atoms with E-state index in [-0.39, 0.29) is 5.91 Å². The van der Waals surface area contributed by atoms with E-state index in [9.17, 15) is 4.79 Å². The Bertz CT molecular complexity index is 421. The van der Waals surface area contributed by atoms with Gasteiger partial charge in [-0.25, -0.2) is 0 Å². The molecule has 0 heterocycles. The molecule has 0 bridgehead atoms. The Morgan fingerprint density at radius 2 is 1.89 bits per heavy atom. The summed E-state index contributed by atoms with van der Waals surface area (Å²) >= 11 is 0. The Hall–Kier alpha value is -1.35. The summed E-state index contributed by atoms with van der Waals surface area (Å²) in [6.45, 7) is 3.93. The van der Waals surface area contributed by atoms with Gasteiger partial charge in [0.15, 0.2) is 0 Å². The Morgan fingerprint density at radius 3 is 2.42 bits per heavy atom. The van der Waals surface area contributed by atoms with Crippen LogP contribution >= 0.6 is 0 Å². The lowest BCUT2D eigenvalue weighted by Gasteiger charge is -2.15. The lowest BCUT2D eigenvalue weighted by Crippen LogP contribution is -2.34. The zero-order chi connectivity index (χ0) is 13.7. The number of carbonyl (C=O) groups excluding carboxylic acids is 1. The van der Waals surface area contributed by atoms with Gasteiger partial charge in [-0.05, 0) is 44.0 Å². The molecular weight excluding hydrogens is 236 g/mol. The van der Waals surface area contributed by atoms with E-state index >= 15 is 0 Å². The number of hydrogen-bond acceptors (Lipinski definition) is 2. The van der Waals surface area contributed by atoms with Crippen LogP contribution in [0.5, 0.6) is 0 Å². The Balaban J connectivity index is 1.86. The van der Waals surface area contributed by atoms with Crippen LogP contribution in [0.25, 0.3) is 0 Å². The second kappa shape index (κ2) is 6.20. The predicted molar refractivity (Wildman–Crippen MR) is 78.4 cm³/mol. The predicted octanol–water partition coefficient (Wildman–Crippen LogP) is 2.37. The molecule has 1 aliphatic rings. The minimum Gasteiger partial charge on any atom is -0.351 e. The summed E-state index contributed by atoms with van der Waals surface area (Å²) in [4.78, 5) is 12.1. The lowest BCUT2D eigenvalue weighted by atomic mass is 10.1. The summed E-state index contributed by atoms with van der Waals surface area (Å²) in [6, 6.07) is 7.97. The fraction of sp³-hybridized carbons (Fsp3) is 0.562. The Labute approximate surface area is 115 Å². The van der Waals surface area contributed by atoms with Crippen LogP contribution in [0.2, 0.25) is 0 Å². The van der Waals surface area contributed by atoms with E-state index in [1.54, 1.807) is 0 Å². The largest absolute Gasteiger partial charge is 0.351 e. The number of benzene rings is 1. The van der Waals surface area contributed by atoms with Crippen LogP contribution in [0.15, 0.2) is 24.3 Å². The van der Waals surface area contributed by atoms with Gasteiger partial charge in [0.05, 0.1) is 0 Å². The van der Waals surface area contributed by atoms with Crippen molar-refractivity contribution in [1.29, 1.82) is 0 Å². The second-order valence-electron chi connectivity index (χ2n) is 5.66.